The van der Waals surface area contributed by atoms with Crippen molar-refractivity contribution in [1.82, 2.24) is 0 Å². The van der Waals surface area contributed by atoms with Gasteiger partial charge in [-0.25, -0.2) is 27.7 Å². The quantitative estimate of drug-likeness (QED) is 0.113. The van der Waals surface area contributed by atoms with Crippen LogP contribution in [0, 0.1) is 55.0 Å². The van der Waals surface area contributed by atoms with Crippen LogP contribution in [0.5, 0.6) is 5.75 Å². The SMILES string of the molecule is [C-]#[N+]/C(C#N)=C1\c2cc(C)c(-c3cc(F)c(C)c(F)c3)cc2-c2cc(-c3cc(F)c(C(F)(F)F)c(F)c3)c(OC(F)(F)F)cc21. The molecule has 45 heavy (non-hydrogen) atoms. The Balaban J connectivity index is 1.87. The lowest BCUT2D eigenvalue weighted by molar-refractivity contribution is -0.274. The number of allylic oxidation sites excluding steroid dienone is 1. The zero-order chi connectivity index (χ0) is 33.2. The number of hydrogen-bond donors (Lipinski definition) is 0. The van der Waals surface area contributed by atoms with Crippen molar-refractivity contribution in [3.05, 3.63) is 117 Å². The van der Waals surface area contributed by atoms with E-state index in [1.807, 2.05) is 0 Å². The molecule has 0 unspecified atom stereocenters. The first kappa shape index (κ1) is 31.1. The van der Waals surface area contributed by atoms with Gasteiger partial charge in [0.2, 0.25) is 0 Å². The Kier molecular flexibility index (Phi) is 7.40. The van der Waals surface area contributed by atoms with Gasteiger partial charge in [-0.1, -0.05) is 6.07 Å². The van der Waals surface area contributed by atoms with E-state index < -0.39 is 63.9 Å². The third kappa shape index (κ3) is 5.46. The van der Waals surface area contributed by atoms with Crippen molar-refractivity contribution in [2.45, 2.75) is 26.4 Å². The largest absolute Gasteiger partial charge is 0.573 e. The van der Waals surface area contributed by atoms with Crippen molar-refractivity contribution in [2.24, 2.45) is 0 Å². The van der Waals surface area contributed by atoms with Gasteiger partial charge in [0.25, 0.3) is 5.70 Å². The lowest BCUT2D eigenvalue weighted by atomic mass is 9.92. The molecule has 0 saturated carbocycles. The summed E-state index contributed by atoms with van der Waals surface area (Å²) in [6, 6.07) is 8.73. The molecule has 4 aromatic rings. The lowest BCUT2D eigenvalue weighted by Gasteiger charge is -2.17. The Bertz CT molecular complexity index is 1980. The van der Waals surface area contributed by atoms with E-state index in [2.05, 4.69) is 9.58 Å². The van der Waals surface area contributed by atoms with E-state index in [9.17, 15) is 49.2 Å². The number of ether oxygens (including phenoxy) is 1. The number of alkyl halides is 6. The fraction of sp³-hybridized carbons (Fsp3) is 0.125. The summed E-state index contributed by atoms with van der Waals surface area (Å²) >= 11 is 0. The van der Waals surface area contributed by atoms with Crippen LogP contribution in [-0.4, -0.2) is 6.36 Å². The summed E-state index contributed by atoms with van der Waals surface area (Å²) in [4.78, 5) is 3.17. The minimum atomic E-state index is -5.45. The molecule has 0 aliphatic heterocycles. The summed E-state index contributed by atoms with van der Waals surface area (Å²) in [5, 5.41) is 9.68. The van der Waals surface area contributed by atoms with Crippen molar-refractivity contribution in [3.63, 3.8) is 0 Å². The van der Waals surface area contributed by atoms with Gasteiger partial charge in [-0.3, -0.25) is 0 Å². The van der Waals surface area contributed by atoms with Crippen LogP contribution in [-0.2, 0) is 6.18 Å². The average molecular weight is 632 g/mol. The molecule has 0 aromatic heterocycles. The van der Waals surface area contributed by atoms with Gasteiger partial charge in [0.05, 0.1) is 12.6 Å². The molecule has 3 nitrogen and oxygen atoms in total. The van der Waals surface area contributed by atoms with Crippen molar-refractivity contribution >= 4 is 5.57 Å². The van der Waals surface area contributed by atoms with Gasteiger partial charge >= 0.3 is 12.5 Å². The maximum Gasteiger partial charge on any atom is 0.573 e. The number of hydrogen-bond acceptors (Lipinski definition) is 2. The van der Waals surface area contributed by atoms with Crippen LogP contribution in [0.15, 0.2) is 54.2 Å². The number of nitriles is 1. The van der Waals surface area contributed by atoms with E-state index in [-0.39, 0.29) is 56.6 Å². The van der Waals surface area contributed by atoms with Crippen LogP contribution in [0.4, 0.5) is 43.9 Å². The summed E-state index contributed by atoms with van der Waals surface area (Å²) in [7, 11) is 0. The van der Waals surface area contributed by atoms with Crippen molar-refractivity contribution in [3.8, 4) is 45.2 Å². The molecule has 0 heterocycles. The fourth-order valence-corrected chi connectivity index (χ4v) is 5.23. The molecule has 4 aromatic carbocycles. The highest BCUT2D eigenvalue weighted by atomic mass is 19.4. The molecule has 0 spiro atoms. The first-order valence-electron chi connectivity index (χ1n) is 12.6. The predicted molar refractivity (Wildman–Crippen MR) is 142 cm³/mol. The van der Waals surface area contributed by atoms with Crippen LogP contribution in [0.25, 0.3) is 43.8 Å². The van der Waals surface area contributed by atoms with Crippen LogP contribution in [0.3, 0.4) is 0 Å². The minimum Gasteiger partial charge on any atom is -0.405 e. The van der Waals surface area contributed by atoms with E-state index in [1.54, 1.807) is 13.0 Å². The molecule has 13 heteroatoms. The monoisotopic (exact) mass is 632 g/mol. The number of halogens is 10. The first-order valence-corrected chi connectivity index (χ1v) is 12.6. The Labute approximate surface area is 248 Å². The molecule has 0 saturated heterocycles. The predicted octanol–water partition coefficient (Wildman–Crippen LogP) is 10.3. The molecule has 0 bridgehead atoms. The summed E-state index contributed by atoms with van der Waals surface area (Å²) in [5.74, 6) is -7.02. The third-order valence-electron chi connectivity index (χ3n) is 7.22. The molecule has 0 atom stereocenters. The maximum atomic E-state index is 14.6. The van der Waals surface area contributed by atoms with E-state index in [4.69, 9.17) is 6.57 Å². The van der Waals surface area contributed by atoms with E-state index in [0.29, 0.717) is 5.56 Å². The zero-order valence-electron chi connectivity index (χ0n) is 22.7. The Morgan fingerprint density at radius 3 is 1.67 bits per heavy atom. The van der Waals surface area contributed by atoms with Crippen LogP contribution >= 0.6 is 0 Å². The smallest absolute Gasteiger partial charge is 0.405 e. The normalized spacial score (nSPS) is 13.6. The highest BCUT2D eigenvalue weighted by Crippen LogP contribution is 2.52. The van der Waals surface area contributed by atoms with Gasteiger partial charge in [-0.15, -0.1) is 13.2 Å². The zero-order valence-corrected chi connectivity index (χ0v) is 22.7. The van der Waals surface area contributed by atoms with E-state index in [1.165, 1.54) is 19.1 Å². The second-order valence-electron chi connectivity index (χ2n) is 9.98. The molecule has 0 N–H and O–H groups in total. The van der Waals surface area contributed by atoms with Gasteiger partial charge in [0.1, 0.15) is 34.6 Å². The van der Waals surface area contributed by atoms with E-state index >= 15 is 0 Å². The average Bonchev–Trinajstić information content (AvgIpc) is 3.21. The van der Waals surface area contributed by atoms with Gasteiger partial charge in [-0.05, 0) is 101 Å². The Morgan fingerprint density at radius 1 is 0.689 bits per heavy atom. The minimum absolute atomic E-state index is 0.00376. The molecular weight excluding hydrogens is 618 g/mol. The third-order valence-corrected chi connectivity index (χ3v) is 7.22. The highest BCUT2D eigenvalue weighted by molar-refractivity contribution is 6.06. The standard InChI is InChI=1S/C32H14F10N2O/c1-13-4-21-19(9-17(13)15-5-23(33)14(2)24(34)6-15)20-10-18(16-7-25(35)30(26(36)8-16)31(37,38)39)28(45-32(40,41)42)11-22(20)29(21)27(12-43)44-3/h4-11H,1-2H3/b29-27+. The maximum absolute atomic E-state index is 14.6. The molecule has 1 aliphatic rings. The first-order chi connectivity index (χ1) is 20.9. The molecule has 0 radical (unpaired) electrons. The number of nitrogens with zero attached hydrogens (tertiary/aromatic N) is 2. The number of rotatable bonds is 3. The lowest BCUT2D eigenvalue weighted by Crippen LogP contribution is -2.18. The molecule has 0 amide bonds. The summed E-state index contributed by atoms with van der Waals surface area (Å²) in [6.45, 7) is 10.2. The summed E-state index contributed by atoms with van der Waals surface area (Å²) in [6.07, 6.45) is -10.8. The van der Waals surface area contributed by atoms with Crippen molar-refractivity contribution in [2.75, 3.05) is 0 Å². The van der Waals surface area contributed by atoms with Gasteiger partial charge in [0.15, 0.2) is 0 Å². The summed E-state index contributed by atoms with van der Waals surface area (Å²) in [5.41, 5.74) is -3.74. The molecule has 5 rings (SSSR count). The van der Waals surface area contributed by atoms with Crippen molar-refractivity contribution < 1.29 is 48.6 Å². The highest BCUT2D eigenvalue weighted by Gasteiger charge is 2.39. The van der Waals surface area contributed by atoms with Crippen LogP contribution < -0.4 is 4.74 Å². The second kappa shape index (κ2) is 10.7. The summed E-state index contributed by atoms with van der Waals surface area (Å²) < 4.78 is 142. The second-order valence-corrected chi connectivity index (χ2v) is 9.98. The number of aryl methyl sites for hydroxylation is 1. The fourth-order valence-electron chi connectivity index (χ4n) is 5.23. The number of benzene rings is 4. The van der Waals surface area contributed by atoms with Crippen LogP contribution in [0.2, 0.25) is 0 Å². The molecule has 228 valence electrons. The van der Waals surface area contributed by atoms with Crippen LogP contribution in [0.1, 0.15) is 27.8 Å². The van der Waals surface area contributed by atoms with Gasteiger partial charge in [0, 0.05) is 16.7 Å². The Morgan fingerprint density at radius 2 is 1.18 bits per heavy atom. The van der Waals surface area contributed by atoms with Gasteiger partial charge < -0.3 is 4.74 Å². The van der Waals surface area contributed by atoms with E-state index in [0.717, 1.165) is 24.3 Å². The molecular formula is C32H14F10N2O. The number of fused-ring (bicyclic) bond motifs is 3. The van der Waals surface area contributed by atoms with Crippen molar-refractivity contribution in [1.29, 1.82) is 5.26 Å². The topological polar surface area (TPSA) is 37.4 Å². The molecule has 1 aliphatic carbocycles. The Hall–Kier alpha value is -5.30. The molecule has 0 fully saturated rings. The van der Waals surface area contributed by atoms with Gasteiger partial charge in [-0.2, -0.15) is 13.2 Å².